The summed E-state index contributed by atoms with van der Waals surface area (Å²) in [6, 6.07) is 9.63. The van der Waals surface area contributed by atoms with E-state index in [1.807, 2.05) is 25.3 Å². The highest BCUT2D eigenvalue weighted by Gasteiger charge is 2.31. The summed E-state index contributed by atoms with van der Waals surface area (Å²) < 4.78 is 39.3. The molecule has 174 valence electrons. The minimum atomic E-state index is -3.81. The third-order valence-corrected chi connectivity index (χ3v) is 7.70. The maximum absolute atomic E-state index is 13.4. The molecule has 7 nitrogen and oxygen atoms in total. The van der Waals surface area contributed by atoms with Crippen molar-refractivity contribution in [2.24, 2.45) is 0 Å². The zero-order valence-electron chi connectivity index (χ0n) is 18.9. The number of sulfonamides is 1. The molecule has 2 aromatic carbocycles. The van der Waals surface area contributed by atoms with Crippen molar-refractivity contribution >= 4 is 27.7 Å². The predicted octanol–water partition coefficient (Wildman–Crippen LogP) is 3.00. The van der Waals surface area contributed by atoms with Gasteiger partial charge in [-0.15, -0.1) is 0 Å². The maximum Gasteiger partial charge on any atom is 0.241 e. The van der Waals surface area contributed by atoms with Crippen LogP contribution in [0.3, 0.4) is 0 Å². The van der Waals surface area contributed by atoms with E-state index in [-0.39, 0.29) is 10.8 Å². The number of carbonyl (C=O) groups is 1. The molecule has 0 saturated carbocycles. The molecule has 0 aliphatic carbocycles. The molecule has 1 amide bonds. The molecule has 9 heteroatoms. The fourth-order valence-electron chi connectivity index (χ4n) is 3.73. The van der Waals surface area contributed by atoms with Gasteiger partial charge in [0.15, 0.2) is 11.5 Å². The average Bonchev–Trinajstić information content (AvgIpc) is 2.80. The van der Waals surface area contributed by atoms with E-state index in [2.05, 4.69) is 4.72 Å². The van der Waals surface area contributed by atoms with E-state index in [9.17, 15) is 13.2 Å². The fraction of sp³-hybridized carbons (Fsp3) is 0.435. The van der Waals surface area contributed by atoms with Gasteiger partial charge in [0.2, 0.25) is 15.9 Å². The minimum absolute atomic E-state index is 0.158. The van der Waals surface area contributed by atoms with Crippen LogP contribution in [0.5, 0.6) is 11.5 Å². The SMILES string of the molecule is COc1cc2c(cc1OC)CN(C(=O)[C@H](CCSC)NS(=O)(=O)c1ccc(C)cc1)CC2. The first-order valence-electron chi connectivity index (χ1n) is 10.4. The van der Waals surface area contributed by atoms with Crippen LogP contribution in [0, 0.1) is 6.92 Å². The first-order valence-corrected chi connectivity index (χ1v) is 13.3. The quantitative estimate of drug-likeness (QED) is 0.597. The van der Waals surface area contributed by atoms with Crippen LogP contribution in [0.2, 0.25) is 0 Å². The van der Waals surface area contributed by atoms with Crippen LogP contribution < -0.4 is 14.2 Å². The lowest BCUT2D eigenvalue weighted by Gasteiger charge is -2.32. The van der Waals surface area contributed by atoms with Crippen LogP contribution in [0.25, 0.3) is 0 Å². The summed E-state index contributed by atoms with van der Waals surface area (Å²) in [5, 5.41) is 0. The van der Waals surface area contributed by atoms with Gasteiger partial charge < -0.3 is 14.4 Å². The second-order valence-corrected chi connectivity index (χ2v) is 10.5. The molecule has 1 aliphatic heterocycles. The van der Waals surface area contributed by atoms with Crippen molar-refractivity contribution in [3.63, 3.8) is 0 Å². The van der Waals surface area contributed by atoms with E-state index in [1.165, 1.54) is 0 Å². The molecule has 0 aromatic heterocycles. The van der Waals surface area contributed by atoms with E-state index in [4.69, 9.17) is 9.47 Å². The second-order valence-electron chi connectivity index (χ2n) is 7.75. The number of ether oxygens (including phenoxy) is 2. The van der Waals surface area contributed by atoms with Crippen LogP contribution in [0.15, 0.2) is 41.3 Å². The molecule has 2 aromatic rings. The van der Waals surface area contributed by atoms with Crippen molar-refractivity contribution in [2.75, 3.05) is 32.8 Å². The number of nitrogens with zero attached hydrogens (tertiary/aromatic N) is 1. The first-order chi connectivity index (χ1) is 15.3. The van der Waals surface area contributed by atoms with Gasteiger partial charge in [0.1, 0.15) is 6.04 Å². The molecule has 0 spiro atoms. The zero-order chi connectivity index (χ0) is 23.3. The summed E-state index contributed by atoms with van der Waals surface area (Å²) in [7, 11) is -0.640. The Kier molecular flexibility index (Phi) is 8.08. The second kappa shape index (κ2) is 10.6. The predicted molar refractivity (Wildman–Crippen MR) is 127 cm³/mol. The summed E-state index contributed by atoms with van der Waals surface area (Å²) >= 11 is 1.58. The van der Waals surface area contributed by atoms with Crippen LogP contribution in [0.1, 0.15) is 23.1 Å². The van der Waals surface area contributed by atoms with Gasteiger partial charge >= 0.3 is 0 Å². The smallest absolute Gasteiger partial charge is 0.241 e. The Labute approximate surface area is 194 Å². The highest BCUT2D eigenvalue weighted by atomic mass is 32.2. The Balaban J connectivity index is 1.81. The Hall–Kier alpha value is -2.23. The lowest BCUT2D eigenvalue weighted by Crippen LogP contribution is -2.50. The molecule has 0 unspecified atom stereocenters. The largest absolute Gasteiger partial charge is 0.493 e. The molecule has 1 aliphatic rings. The summed E-state index contributed by atoms with van der Waals surface area (Å²) in [6.07, 6.45) is 3.02. The number of rotatable bonds is 9. The third kappa shape index (κ3) is 5.57. The zero-order valence-corrected chi connectivity index (χ0v) is 20.5. The number of methoxy groups -OCH3 is 2. The van der Waals surface area contributed by atoms with E-state index < -0.39 is 16.1 Å². The average molecular weight is 479 g/mol. The standard InChI is InChI=1S/C23H30N2O5S2/c1-16-5-7-19(8-6-16)32(27,28)24-20(10-12-31-4)23(26)25-11-9-17-13-21(29-2)22(30-3)14-18(17)15-25/h5-8,13-14,20,24H,9-12,15H2,1-4H3/t20-/m0/s1. The number of carbonyl (C=O) groups excluding carboxylic acids is 1. The molecule has 3 rings (SSSR count). The van der Waals surface area contributed by atoms with Gasteiger partial charge in [-0.3, -0.25) is 4.79 Å². The molecule has 0 radical (unpaired) electrons. The molecular formula is C23H30N2O5S2. The van der Waals surface area contributed by atoms with Crippen molar-refractivity contribution < 1.29 is 22.7 Å². The third-order valence-electron chi connectivity index (χ3n) is 5.57. The van der Waals surface area contributed by atoms with Gasteiger partial charge in [-0.05, 0) is 67.2 Å². The van der Waals surface area contributed by atoms with Crippen LogP contribution in [-0.2, 0) is 27.8 Å². The monoisotopic (exact) mass is 478 g/mol. The lowest BCUT2D eigenvalue weighted by molar-refractivity contribution is -0.134. The highest BCUT2D eigenvalue weighted by Crippen LogP contribution is 2.33. The first kappa shape index (κ1) is 24.4. The minimum Gasteiger partial charge on any atom is -0.493 e. The van der Waals surface area contributed by atoms with Crippen molar-refractivity contribution in [3.8, 4) is 11.5 Å². The van der Waals surface area contributed by atoms with Gasteiger partial charge in [0.25, 0.3) is 0 Å². The molecule has 0 saturated heterocycles. The van der Waals surface area contributed by atoms with Gasteiger partial charge in [-0.1, -0.05) is 17.7 Å². The van der Waals surface area contributed by atoms with E-state index in [0.29, 0.717) is 43.2 Å². The topological polar surface area (TPSA) is 84.9 Å². The van der Waals surface area contributed by atoms with E-state index in [0.717, 1.165) is 16.7 Å². The molecule has 0 fully saturated rings. The summed E-state index contributed by atoms with van der Waals surface area (Å²) in [6.45, 7) is 2.81. The number of amides is 1. The fourth-order valence-corrected chi connectivity index (χ4v) is 5.43. The Morgan fingerprint density at radius 1 is 1.12 bits per heavy atom. The van der Waals surface area contributed by atoms with Crippen LogP contribution in [-0.4, -0.2) is 58.0 Å². The Morgan fingerprint density at radius 2 is 1.75 bits per heavy atom. The Morgan fingerprint density at radius 3 is 2.34 bits per heavy atom. The lowest BCUT2D eigenvalue weighted by atomic mass is 9.98. The van der Waals surface area contributed by atoms with Crippen molar-refractivity contribution in [1.29, 1.82) is 0 Å². The normalized spacial score (nSPS) is 14.6. The van der Waals surface area contributed by atoms with Gasteiger partial charge in [0, 0.05) is 13.1 Å². The highest BCUT2D eigenvalue weighted by molar-refractivity contribution is 7.98. The Bertz CT molecular complexity index is 1050. The van der Waals surface area contributed by atoms with Crippen molar-refractivity contribution in [2.45, 2.75) is 37.2 Å². The maximum atomic E-state index is 13.4. The molecule has 1 heterocycles. The summed E-state index contributed by atoms with van der Waals surface area (Å²) in [4.78, 5) is 15.3. The number of hydrogen-bond donors (Lipinski definition) is 1. The van der Waals surface area contributed by atoms with Crippen LogP contribution >= 0.6 is 11.8 Å². The van der Waals surface area contributed by atoms with Crippen molar-refractivity contribution in [3.05, 3.63) is 53.1 Å². The van der Waals surface area contributed by atoms with Crippen molar-refractivity contribution in [1.82, 2.24) is 9.62 Å². The number of aryl methyl sites for hydroxylation is 1. The number of nitrogens with one attached hydrogen (secondary N) is 1. The van der Waals surface area contributed by atoms with Gasteiger partial charge in [-0.2, -0.15) is 16.5 Å². The molecule has 32 heavy (non-hydrogen) atoms. The molecular weight excluding hydrogens is 448 g/mol. The van der Waals surface area contributed by atoms with Crippen LogP contribution in [0.4, 0.5) is 0 Å². The summed E-state index contributed by atoms with van der Waals surface area (Å²) in [5.74, 6) is 1.73. The molecule has 1 N–H and O–H groups in total. The number of fused-ring (bicyclic) bond motifs is 1. The van der Waals surface area contributed by atoms with Gasteiger partial charge in [-0.25, -0.2) is 8.42 Å². The number of hydrogen-bond acceptors (Lipinski definition) is 6. The van der Waals surface area contributed by atoms with E-state index >= 15 is 0 Å². The molecule has 0 bridgehead atoms. The number of thioether (sulfide) groups is 1. The summed E-state index contributed by atoms with van der Waals surface area (Å²) in [5.41, 5.74) is 3.05. The molecule has 1 atom stereocenters. The number of benzene rings is 2. The van der Waals surface area contributed by atoms with E-state index in [1.54, 1.807) is 55.1 Å². The van der Waals surface area contributed by atoms with Gasteiger partial charge in [0.05, 0.1) is 19.1 Å².